The van der Waals surface area contributed by atoms with Crippen LogP contribution in [0.25, 0.3) is 0 Å². The Morgan fingerprint density at radius 2 is 2.00 bits per heavy atom. The van der Waals surface area contributed by atoms with E-state index in [9.17, 15) is 0 Å². The lowest BCUT2D eigenvalue weighted by Crippen LogP contribution is -2.46. The number of rotatable bonds is 4. The molecule has 1 fully saturated rings. The molecule has 1 saturated heterocycles. The second-order valence-electron chi connectivity index (χ2n) is 6.93. The summed E-state index contributed by atoms with van der Waals surface area (Å²) in [6.07, 6.45) is 7.49. The normalized spacial score (nSPS) is 42.4. The topological polar surface area (TPSA) is 18.5 Å². The number of ether oxygens (including phenoxy) is 2. The third-order valence-electron chi connectivity index (χ3n) is 5.37. The highest BCUT2D eigenvalue weighted by molar-refractivity contribution is 5.08. The minimum atomic E-state index is 0.00968. The minimum absolute atomic E-state index is 0.00968. The second-order valence-corrected chi connectivity index (χ2v) is 6.93. The summed E-state index contributed by atoms with van der Waals surface area (Å²) in [4.78, 5) is 0. The van der Waals surface area contributed by atoms with Gasteiger partial charge in [-0.2, -0.15) is 0 Å². The molecule has 0 aromatic rings. The fraction of sp³-hybridized carbons (Fsp3) is 0.889. The van der Waals surface area contributed by atoms with Crippen molar-refractivity contribution in [1.82, 2.24) is 0 Å². The number of hydrogen-bond acceptors (Lipinski definition) is 2. The predicted octanol–water partition coefficient (Wildman–Crippen LogP) is 4.79. The van der Waals surface area contributed by atoms with E-state index in [1.807, 2.05) is 0 Å². The van der Waals surface area contributed by atoms with Crippen LogP contribution in [0.1, 0.15) is 60.3 Å². The van der Waals surface area contributed by atoms with Crippen molar-refractivity contribution < 1.29 is 9.47 Å². The molecule has 1 aliphatic carbocycles. The van der Waals surface area contributed by atoms with E-state index in [4.69, 9.17) is 9.47 Å². The molecule has 2 nitrogen and oxygen atoms in total. The summed E-state index contributed by atoms with van der Waals surface area (Å²) < 4.78 is 12.5. The molecule has 20 heavy (non-hydrogen) atoms. The van der Waals surface area contributed by atoms with Gasteiger partial charge >= 0.3 is 0 Å². The highest BCUT2D eigenvalue weighted by Gasteiger charge is 2.39. The van der Waals surface area contributed by atoms with Gasteiger partial charge in [0, 0.05) is 11.8 Å². The molecule has 0 N–H and O–H groups in total. The van der Waals surface area contributed by atoms with Gasteiger partial charge in [0.25, 0.3) is 0 Å². The first kappa shape index (κ1) is 16.0. The zero-order valence-corrected chi connectivity index (χ0v) is 13.9. The molecule has 1 aliphatic heterocycles. The first-order chi connectivity index (χ1) is 9.56. The largest absolute Gasteiger partial charge is 0.352 e. The summed E-state index contributed by atoms with van der Waals surface area (Å²) in [7, 11) is 0. The van der Waals surface area contributed by atoms with E-state index in [2.05, 4.69) is 40.7 Å². The molecular weight excluding hydrogens is 248 g/mol. The van der Waals surface area contributed by atoms with Crippen molar-refractivity contribution in [2.24, 2.45) is 23.7 Å². The van der Waals surface area contributed by atoms with Crippen molar-refractivity contribution in [2.45, 2.75) is 72.7 Å². The van der Waals surface area contributed by atoms with Crippen molar-refractivity contribution in [3.8, 4) is 0 Å². The highest BCUT2D eigenvalue weighted by atomic mass is 16.7. The minimum Gasteiger partial charge on any atom is -0.352 e. The lowest BCUT2D eigenvalue weighted by Gasteiger charge is -2.43. The fourth-order valence-electron chi connectivity index (χ4n) is 3.80. The first-order valence-electron chi connectivity index (χ1n) is 8.51. The predicted molar refractivity (Wildman–Crippen MR) is 83.5 cm³/mol. The summed E-state index contributed by atoms with van der Waals surface area (Å²) >= 11 is 0. The van der Waals surface area contributed by atoms with Crippen LogP contribution in [-0.2, 0) is 9.47 Å². The van der Waals surface area contributed by atoms with Crippen molar-refractivity contribution >= 4 is 0 Å². The molecule has 2 aliphatic rings. The van der Waals surface area contributed by atoms with Gasteiger partial charge in [0.15, 0.2) is 6.29 Å². The molecule has 0 bridgehead atoms. The average molecular weight is 280 g/mol. The molecule has 1 heterocycles. The summed E-state index contributed by atoms with van der Waals surface area (Å²) in [5, 5.41) is 0. The summed E-state index contributed by atoms with van der Waals surface area (Å²) in [5.74, 6) is 2.38. The Balaban J connectivity index is 2.04. The first-order valence-corrected chi connectivity index (χ1v) is 8.51. The molecule has 0 amide bonds. The van der Waals surface area contributed by atoms with Crippen LogP contribution in [0.15, 0.2) is 11.6 Å². The van der Waals surface area contributed by atoms with E-state index in [0.29, 0.717) is 29.8 Å². The molecule has 6 unspecified atom stereocenters. The van der Waals surface area contributed by atoms with E-state index in [1.54, 1.807) is 0 Å². The van der Waals surface area contributed by atoms with E-state index in [-0.39, 0.29) is 6.29 Å². The Bertz CT molecular complexity index is 336. The Morgan fingerprint density at radius 1 is 1.25 bits per heavy atom. The van der Waals surface area contributed by atoms with Gasteiger partial charge in [-0.1, -0.05) is 45.8 Å². The summed E-state index contributed by atoms with van der Waals surface area (Å²) in [6, 6.07) is 0. The smallest absolute Gasteiger partial charge is 0.161 e. The number of hydrogen-bond donors (Lipinski definition) is 0. The van der Waals surface area contributed by atoms with Crippen molar-refractivity contribution in [2.75, 3.05) is 6.61 Å². The molecule has 0 radical (unpaired) electrons. The zero-order chi connectivity index (χ0) is 14.7. The average Bonchev–Trinajstić information content (AvgIpc) is 2.43. The van der Waals surface area contributed by atoms with Crippen molar-refractivity contribution in [3.63, 3.8) is 0 Å². The molecule has 2 heteroatoms. The lowest BCUT2D eigenvalue weighted by atomic mass is 9.74. The third-order valence-corrected chi connectivity index (χ3v) is 5.37. The Morgan fingerprint density at radius 3 is 2.65 bits per heavy atom. The summed E-state index contributed by atoms with van der Waals surface area (Å²) in [6.45, 7) is 12.3. The van der Waals surface area contributed by atoms with Gasteiger partial charge in [-0.3, -0.25) is 0 Å². The molecule has 6 atom stereocenters. The van der Waals surface area contributed by atoms with Crippen LogP contribution < -0.4 is 0 Å². The number of allylic oxidation sites excluding steroid dienone is 2. The quantitative estimate of drug-likeness (QED) is 0.689. The van der Waals surface area contributed by atoms with Crippen LogP contribution in [-0.4, -0.2) is 19.0 Å². The van der Waals surface area contributed by atoms with Crippen LogP contribution >= 0.6 is 0 Å². The van der Waals surface area contributed by atoms with Crippen LogP contribution in [0.4, 0.5) is 0 Å². The molecule has 0 spiro atoms. The molecular formula is C18H32O2. The molecule has 0 aromatic heterocycles. The molecule has 2 rings (SSSR count). The van der Waals surface area contributed by atoms with Crippen LogP contribution in [0.3, 0.4) is 0 Å². The zero-order valence-electron chi connectivity index (χ0n) is 13.9. The monoisotopic (exact) mass is 280 g/mol. The van der Waals surface area contributed by atoms with E-state index in [1.165, 1.54) is 18.4 Å². The SMILES string of the molecule is CCCC1OC(C2CC(C)=CC(C)C2C)OCC1CC. The maximum Gasteiger partial charge on any atom is 0.161 e. The van der Waals surface area contributed by atoms with Gasteiger partial charge in [-0.05, 0) is 38.0 Å². The van der Waals surface area contributed by atoms with Gasteiger partial charge in [0.05, 0.1) is 12.7 Å². The van der Waals surface area contributed by atoms with E-state index >= 15 is 0 Å². The van der Waals surface area contributed by atoms with Gasteiger partial charge in [0.2, 0.25) is 0 Å². The van der Waals surface area contributed by atoms with Crippen molar-refractivity contribution in [1.29, 1.82) is 0 Å². The Kier molecular flexibility index (Phi) is 5.68. The van der Waals surface area contributed by atoms with Gasteiger partial charge in [-0.15, -0.1) is 0 Å². The molecule has 0 aromatic carbocycles. The van der Waals surface area contributed by atoms with Crippen LogP contribution in [0.2, 0.25) is 0 Å². The van der Waals surface area contributed by atoms with Crippen LogP contribution in [0, 0.1) is 23.7 Å². The highest BCUT2D eigenvalue weighted by Crippen LogP contribution is 2.39. The molecule has 0 saturated carbocycles. The van der Waals surface area contributed by atoms with Gasteiger partial charge in [-0.25, -0.2) is 0 Å². The summed E-state index contributed by atoms with van der Waals surface area (Å²) in [5.41, 5.74) is 1.50. The van der Waals surface area contributed by atoms with Gasteiger partial charge < -0.3 is 9.47 Å². The maximum atomic E-state index is 6.39. The fourth-order valence-corrected chi connectivity index (χ4v) is 3.80. The maximum absolute atomic E-state index is 6.39. The van der Waals surface area contributed by atoms with E-state index < -0.39 is 0 Å². The second kappa shape index (κ2) is 7.09. The van der Waals surface area contributed by atoms with Gasteiger partial charge in [0.1, 0.15) is 0 Å². The Labute approximate surface area is 124 Å². The third kappa shape index (κ3) is 3.46. The lowest BCUT2D eigenvalue weighted by molar-refractivity contribution is -0.266. The molecule has 116 valence electrons. The standard InChI is InChI=1S/C18H32O2/c1-6-8-17-15(7-2)11-19-18(20-17)16-10-12(3)9-13(4)14(16)5/h9,13-18H,6-8,10-11H2,1-5H3. The van der Waals surface area contributed by atoms with Crippen LogP contribution in [0.5, 0.6) is 0 Å². The van der Waals surface area contributed by atoms with E-state index in [0.717, 1.165) is 19.4 Å². The Hall–Kier alpha value is -0.340. The van der Waals surface area contributed by atoms with Crippen molar-refractivity contribution in [3.05, 3.63) is 11.6 Å².